The molecule has 0 aliphatic rings. The highest BCUT2D eigenvalue weighted by atomic mass is 16.6. The van der Waals surface area contributed by atoms with Crippen LogP contribution < -0.4 is 0 Å². The first kappa shape index (κ1) is 6.53. The van der Waals surface area contributed by atoms with E-state index in [9.17, 15) is 10.1 Å². The maximum atomic E-state index is 9.87. The summed E-state index contributed by atoms with van der Waals surface area (Å²) in [5, 5.41) is 9.87. The summed E-state index contributed by atoms with van der Waals surface area (Å²) in [6.45, 7) is -0.345. The van der Waals surface area contributed by atoms with Crippen molar-refractivity contribution in [1.82, 2.24) is 15.0 Å². The van der Waals surface area contributed by atoms with Gasteiger partial charge in [0.25, 0.3) is 6.54 Å². The van der Waals surface area contributed by atoms with Gasteiger partial charge in [-0.1, -0.05) is 0 Å². The van der Waals surface area contributed by atoms with Crippen molar-refractivity contribution in [2.75, 3.05) is 0 Å². The Labute approximate surface area is 56.1 Å². The molecular weight excluding hydrogens is 136 g/mol. The predicted molar refractivity (Wildman–Crippen MR) is 30.5 cm³/mol. The Balaban J connectivity index is 2.67. The average Bonchev–Trinajstić information content (AvgIpc) is 1.88. The van der Waals surface area contributed by atoms with Crippen molar-refractivity contribution in [3.05, 3.63) is 28.6 Å². The third-order valence-electron chi connectivity index (χ3n) is 0.817. The molecule has 0 aromatic carbocycles. The normalized spacial score (nSPS) is 9.20. The van der Waals surface area contributed by atoms with Crippen molar-refractivity contribution in [1.29, 1.82) is 0 Å². The molecule has 52 valence electrons. The minimum absolute atomic E-state index is 0.181. The van der Waals surface area contributed by atoms with Crippen molar-refractivity contribution in [2.45, 2.75) is 6.54 Å². The van der Waals surface area contributed by atoms with Gasteiger partial charge in [-0.2, -0.15) is 0 Å². The van der Waals surface area contributed by atoms with Gasteiger partial charge in [0.15, 0.2) is 0 Å². The van der Waals surface area contributed by atoms with Gasteiger partial charge in [0.1, 0.15) is 12.7 Å². The maximum Gasteiger partial charge on any atom is 0.262 e. The zero-order chi connectivity index (χ0) is 7.40. The van der Waals surface area contributed by atoms with Crippen LogP contribution in [0.2, 0.25) is 0 Å². The van der Waals surface area contributed by atoms with Gasteiger partial charge in [0.2, 0.25) is 5.82 Å². The van der Waals surface area contributed by atoms with Crippen LogP contribution in [-0.4, -0.2) is 19.9 Å². The van der Waals surface area contributed by atoms with Gasteiger partial charge in [-0.25, -0.2) is 15.0 Å². The molecule has 0 bridgehead atoms. The summed E-state index contributed by atoms with van der Waals surface area (Å²) >= 11 is 0. The molecule has 0 fully saturated rings. The summed E-state index contributed by atoms with van der Waals surface area (Å²) in [6, 6.07) is 0. The summed E-state index contributed by atoms with van der Waals surface area (Å²) in [5.74, 6) is 0.181. The van der Waals surface area contributed by atoms with Crippen LogP contribution in [-0.2, 0) is 6.54 Å². The summed E-state index contributed by atoms with van der Waals surface area (Å²) in [6.07, 6.45) is 2.46. The molecule has 0 saturated heterocycles. The monoisotopic (exact) mass is 140 g/mol. The molecule has 0 spiro atoms. The Morgan fingerprint density at radius 3 is 2.60 bits per heavy atom. The maximum absolute atomic E-state index is 9.87. The first-order valence-corrected chi connectivity index (χ1v) is 2.51. The molecule has 0 aliphatic heterocycles. The average molecular weight is 140 g/mol. The molecule has 0 N–H and O–H groups in total. The van der Waals surface area contributed by atoms with Crippen LogP contribution in [0.1, 0.15) is 5.82 Å². The Bertz CT molecular complexity index is 224. The Hall–Kier alpha value is -1.59. The number of rotatable bonds is 2. The highest BCUT2D eigenvalue weighted by Crippen LogP contribution is 1.85. The molecule has 1 rings (SSSR count). The zero-order valence-corrected chi connectivity index (χ0v) is 4.97. The van der Waals surface area contributed by atoms with Crippen molar-refractivity contribution in [3.63, 3.8) is 0 Å². The molecule has 1 aromatic heterocycles. The molecule has 1 heterocycles. The number of aromatic nitrogens is 3. The fourth-order valence-electron chi connectivity index (χ4n) is 0.460. The van der Waals surface area contributed by atoms with Crippen LogP contribution in [0.4, 0.5) is 0 Å². The number of nitro groups is 1. The van der Waals surface area contributed by atoms with E-state index in [0.29, 0.717) is 0 Å². The molecule has 6 nitrogen and oxygen atoms in total. The second kappa shape index (κ2) is 2.81. The minimum Gasteiger partial charge on any atom is -0.264 e. The van der Waals surface area contributed by atoms with E-state index in [4.69, 9.17) is 0 Å². The fourth-order valence-corrected chi connectivity index (χ4v) is 0.460. The quantitative estimate of drug-likeness (QED) is 0.414. The highest BCUT2D eigenvalue weighted by Gasteiger charge is 2.01. The van der Waals surface area contributed by atoms with Crippen LogP contribution in [0, 0.1) is 10.1 Å². The molecule has 0 saturated carbocycles. The van der Waals surface area contributed by atoms with Crippen LogP contribution in [0.15, 0.2) is 12.7 Å². The Morgan fingerprint density at radius 1 is 1.50 bits per heavy atom. The number of hydrogen-bond acceptors (Lipinski definition) is 5. The summed E-state index contributed by atoms with van der Waals surface area (Å²) in [7, 11) is 0. The second-order valence-electron chi connectivity index (χ2n) is 1.55. The van der Waals surface area contributed by atoms with Gasteiger partial charge in [0.05, 0.1) is 0 Å². The van der Waals surface area contributed by atoms with Gasteiger partial charge in [0, 0.05) is 4.92 Å². The van der Waals surface area contributed by atoms with E-state index >= 15 is 0 Å². The lowest BCUT2D eigenvalue weighted by atomic mass is 10.6. The summed E-state index contributed by atoms with van der Waals surface area (Å²) in [4.78, 5) is 20.0. The largest absolute Gasteiger partial charge is 0.264 e. The van der Waals surface area contributed by atoms with Gasteiger partial charge in [-0.05, 0) is 0 Å². The molecule has 0 amide bonds. The number of nitrogens with zero attached hydrogens (tertiary/aromatic N) is 4. The fraction of sp³-hybridized carbons (Fsp3) is 0.250. The van der Waals surface area contributed by atoms with E-state index in [0.717, 1.165) is 0 Å². The molecule has 0 aliphatic carbocycles. The molecule has 10 heavy (non-hydrogen) atoms. The standard InChI is InChI=1S/C4H4N4O2/c9-8(10)1-4-6-2-5-3-7-4/h2-3H,1H2. The summed E-state index contributed by atoms with van der Waals surface area (Å²) < 4.78 is 0. The Kier molecular flexibility index (Phi) is 1.83. The molecule has 0 atom stereocenters. The topological polar surface area (TPSA) is 81.8 Å². The van der Waals surface area contributed by atoms with E-state index in [2.05, 4.69) is 15.0 Å². The second-order valence-corrected chi connectivity index (χ2v) is 1.55. The van der Waals surface area contributed by atoms with Gasteiger partial charge in [-0.15, -0.1) is 0 Å². The highest BCUT2D eigenvalue weighted by molar-refractivity contribution is 4.76. The van der Waals surface area contributed by atoms with E-state index < -0.39 is 4.92 Å². The van der Waals surface area contributed by atoms with E-state index in [1.54, 1.807) is 0 Å². The van der Waals surface area contributed by atoms with E-state index in [1.165, 1.54) is 12.7 Å². The van der Waals surface area contributed by atoms with E-state index in [1.807, 2.05) is 0 Å². The van der Waals surface area contributed by atoms with E-state index in [-0.39, 0.29) is 12.4 Å². The van der Waals surface area contributed by atoms with Crippen molar-refractivity contribution in [2.24, 2.45) is 0 Å². The Morgan fingerprint density at radius 2 is 2.10 bits per heavy atom. The van der Waals surface area contributed by atoms with Gasteiger partial charge < -0.3 is 0 Å². The predicted octanol–water partition coefficient (Wildman–Crippen LogP) is -0.352. The zero-order valence-electron chi connectivity index (χ0n) is 4.97. The van der Waals surface area contributed by atoms with Gasteiger partial charge >= 0.3 is 0 Å². The lowest BCUT2D eigenvalue weighted by Crippen LogP contribution is -2.02. The molecule has 0 radical (unpaired) electrons. The minimum atomic E-state index is -0.491. The number of hydrogen-bond donors (Lipinski definition) is 0. The van der Waals surface area contributed by atoms with Crippen molar-refractivity contribution >= 4 is 0 Å². The SMILES string of the molecule is O=[N+]([O-])Cc1ncncn1. The first-order chi connectivity index (χ1) is 4.79. The van der Waals surface area contributed by atoms with Crippen molar-refractivity contribution < 1.29 is 4.92 Å². The molecule has 1 aromatic rings. The van der Waals surface area contributed by atoms with Crippen LogP contribution in [0.25, 0.3) is 0 Å². The van der Waals surface area contributed by atoms with Gasteiger partial charge in [-0.3, -0.25) is 10.1 Å². The molecular formula is C4H4N4O2. The van der Waals surface area contributed by atoms with Crippen LogP contribution in [0.3, 0.4) is 0 Å². The lowest BCUT2D eigenvalue weighted by molar-refractivity contribution is -0.498. The van der Waals surface area contributed by atoms with Crippen LogP contribution >= 0.6 is 0 Å². The molecule has 0 unspecified atom stereocenters. The third-order valence-corrected chi connectivity index (χ3v) is 0.817. The summed E-state index contributed by atoms with van der Waals surface area (Å²) in [5.41, 5.74) is 0. The third kappa shape index (κ3) is 1.73. The smallest absolute Gasteiger partial charge is 0.262 e. The van der Waals surface area contributed by atoms with Crippen molar-refractivity contribution in [3.8, 4) is 0 Å². The lowest BCUT2D eigenvalue weighted by Gasteiger charge is -1.88. The van der Waals surface area contributed by atoms with Crippen LogP contribution in [0.5, 0.6) is 0 Å². The molecule has 6 heteroatoms. The first-order valence-electron chi connectivity index (χ1n) is 2.51.